The molecule has 44 heavy (non-hydrogen) atoms. The minimum absolute atomic E-state index is 0.0176. The number of fused-ring (bicyclic) bond motifs is 1. The van der Waals surface area contributed by atoms with Gasteiger partial charge in [0.25, 0.3) is 0 Å². The summed E-state index contributed by atoms with van der Waals surface area (Å²) in [5.41, 5.74) is 2.15. The van der Waals surface area contributed by atoms with Crippen LogP contribution in [0.25, 0.3) is 10.8 Å². The van der Waals surface area contributed by atoms with E-state index in [9.17, 15) is 14.4 Å². The molecule has 1 atom stereocenters. The third-order valence-corrected chi connectivity index (χ3v) is 8.63. The number of hydrogen-bond donors (Lipinski definition) is 2. The van der Waals surface area contributed by atoms with Crippen LogP contribution in [0.1, 0.15) is 41.9 Å². The van der Waals surface area contributed by atoms with Crippen LogP contribution in [-0.4, -0.2) is 61.5 Å². The standard InChI is InChI=1S/C37H41N3O4/c1-44-36(43)37(39-34(41)19-17-28-10-4-2-5-11-28)21-24-40(25-22-37)27-33(31-13-6-3-7-14-31)35(42)38-23-20-29-16-18-30-12-8-9-15-32(30)26-29/h2-16,18,26,33H,17,19-25,27H2,1H3,(H,38,42)(H,39,41). The molecule has 1 unspecified atom stereocenters. The van der Waals surface area contributed by atoms with Gasteiger partial charge in [-0.05, 0) is 53.1 Å². The average Bonchev–Trinajstić information content (AvgIpc) is 3.07. The lowest BCUT2D eigenvalue weighted by molar-refractivity contribution is -0.153. The number of benzene rings is 4. The fraction of sp³-hybridized carbons (Fsp3) is 0.324. The number of nitrogens with one attached hydrogen (secondary N) is 2. The summed E-state index contributed by atoms with van der Waals surface area (Å²) >= 11 is 0. The third-order valence-electron chi connectivity index (χ3n) is 8.63. The second-order valence-corrected chi connectivity index (χ2v) is 11.6. The topological polar surface area (TPSA) is 87.7 Å². The number of aryl methyl sites for hydroxylation is 1. The van der Waals surface area contributed by atoms with Gasteiger partial charge in [0.1, 0.15) is 5.54 Å². The van der Waals surface area contributed by atoms with Gasteiger partial charge in [0.2, 0.25) is 11.8 Å². The van der Waals surface area contributed by atoms with Gasteiger partial charge in [0.05, 0.1) is 13.0 Å². The van der Waals surface area contributed by atoms with E-state index in [2.05, 4.69) is 45.9 Å². The Hall–Kier alpha value is -4.49. The van der Waals surface area contributed by atoms with E-state index in [1.54, 1.807) is 0 Å². The molecular weight excluding hydrogens is 550 g/mol. The molecular formula is C37H41N3O4. The molecule has 4 aromatic carbocycles. The SMILES string of the molecule is COC(=O)C1(NC(=O)CCc2ccccc2)CCN(CC(C(=O)NCCc2ccc3ccccc3c2)c2ccccc2)CC1. The lowest BCUT2D eigenvalue weighted by Crippen LogP contribution is -2.60. The summed E-state index contributed by atoms with van der Waals surface area (Å²) in [6, 6.07) is 34.3. The number of hydrogen-bond acceptors (Lipinski definition) is 5. The highest BCUT2D eigenvalue weighted by atomic mass is 16.5. The maximum Gasteiger partial charge on any atom is 0.331 e. The first-order valence-electron chi connectivity index (χ1n) is 15.4. The normalized spacial score (nSPS) is 15.3. The molecule has 1 aliphatic heterocycles. The van der Waals surface area contributed by atoms with Crippen LogP contribution in [-0.2, 0) is 32.0 Å². The van der Waals surface area contributed by atoms with Gasteiger partial charge in [-0.1, -0.05) is 103 Å². The molecule has 7 heteroatoms. The van der Waals surface area contributed by atoms with Gasteiger partial charge in [-0.25, -0.2) is 4.79 Å². The van der Waals surface area contributed by atoms with Gasteiger partial charge in [0.15, 0.2) is 0 Å². The fourth-order valence-electron chi connectivity index (χ4n) is 6.06. The number of carbonyl (C=O) groups excluding carboxylic acids is 3. The second-order valence-electron chi connectivity index (χ2n) is 11.6. The Morgan fingerprint density at radius 1 is 0.795 bits per heavy atom. The van der Waals surface area contributed by atoms with E-state index >= 15 is 0 Å². The summed E-state index contributed by atoms with van der Waals surface area (Å²) in [7, 11) is 1.36. The van der Waals surface area contributed by atoms with Crippen molar-refractivity contribution in [3.8, 4) is 0 Å². The van der Waals surface area contributed by atoms with Crippen molar-refractivity contribution in [2.24, 2.45) is 0 Å². The van der Waals surface area contributed by atoms with Crippen molar-refractivity contribution in [3.05, 3.63) is 120 Å². The van der Waals surface area contributed by atoms with Crippen molar-refractivity contribution in [1.82, 2.24) is 15.5 Å². The van der Waals surface area contributed by atoms with Gasteiger partial charge in [-0.3, -0.25) is 9.59 Å². The van der Waals surface area contributed by atoms with E-state index < -0.39 is 11.5 Å². The maximum absolute atomic E-state index is 13.6. The monoisotopic (exact) mass is 591 g/mol. The highest BCUT2D eigenvalue weighted by Gasteiger charge is 2.44. The van der Waals surface area contributed by atoms with E-state index in [4.69, 9.17) is 4.74 Å². The molecule has 0 aliphatic carbocycles. The largest absolute Gasteiger partial charge is 0.467 e. The minimum atomic E-state index is -1.07. The smallest absolute Gasteiger partial charge is 0.331 e. The Morgan fingerprint density at radius 3 is 2.16 bits per heavy atom. The van der Waals surface area contributed by atoms with Crippen LogP contribution >= 0.6 is 0 Å². The number of nitrogens with zero attached hydrogens (tertiary/aromatic N) is 1. The summed E-state index contributed by atoms with van der Waals surface area (Å²) in [6.07, 6.45) is 2.48. The van der Waals surface area contributed by atoms with Crippen molar-refractivity contribution < 1.29 is 19.1 Å². The van der Waals surface area contributed by atoms with Crippen LogP contribution < -0.4 is 10.6 Å². The average molecular weight is 592 g/mol. The predicted molar refractivity (Wildman–Crippen MR) is 173 cm³/mol. The first kappa shape index (κ1) is 31.0. The molecule has 0 bridgehead atoms. The summed E-state index contributed by atoms with van der Waals surface area (Å²) in [6.45, 7) is 2.18. The Kier molecular flexibility index (Phi) is 10.4. The number of piperidine rings is 1. The van der Waals surface area contributed by atoms with Gasteiger partial charge < -0.3 is 20.3 Å². The van der Waals surface area contributed by atoms with Crippen LogP contribution in [0.4, 0.5) is 0 Å². The van der Waals surface area contributed by atoms with E-state index in [0.29, 0.717) is 51.9 Å². The Labute approximate surface area is 259 Å². The van der Waals surface area contributed by atoms with Crippen LogP contribution in [0, 0.1) is 0 Å². The molecule has 0 saturated carbocycles. The Morgan fingerprint density at radius 2 is 1.45 bits per heavy atom. The van der Waals surface area contributed by atoms with Gasteiger partial charge >= 0.3 is 5.97 Å². The van der Waals surface area contributed by atoms with Gasteiger partial charge in [-0.15, -0.1) is 0 Å². The van der Waals surface area contributed by atoms with Gasteiger partial charge in [0, 0.05) is 32.6 Å². The van der Waals surface area contributed by atoms with E-state index in [1.165, 1.54) is 23.4 Å². The molecule has 0 radical (unpaired) electrons. The molecule has 1 fully saturated rings. The fourth-order valence-corrected chi connectivity index (χ4v) is 6.06. The van der Waals surface area contributed by atoms with E-state index in [1.807, 2.05) is 72.8 Å². The summed E-state index contributed by atoms with van der Waals surface area (Å²) < 4.78 is 5.15. The molecule has 2 N–H and O–H groups in total. The summed E-state index contributed by atoms with van der Waals surface area (Å²) in [5, 5.41) is 8.58. The van der Waals surface area contributed by atoms with Crippen molar-refractivity contribution in [2.75, 3.05) is 33.3 Å². The quantitative estimate of drug-likeness (QED) is 0.226. The molecule has 2 amide bonds. The number of carbonyl (C=O) groups is 3. The molecule has 4 aromatic rings. The number of methoxy groups -OCH3 is 1. The zero-order valence-corrected chi connectivity index (χ0v) is 25.3. The predicted octanol–water partition coefficient (Wildman–Crippen LogP) is 5.04. The molecule has 5 rings (SSSR count). The minimum Gasteiger partial charge on any atom is -0.467 e. The summed E-state index contributed by atoms with van der Waals surface area (Å²) in [5.74, 6) is -0.966. The van der Waals surface area contributed by atoms with Crippen molar-refractivity contribution in [2.45, 2.75) is 43.6 Å². The molecule has 1 heterocycles. The Balaban J connectivity index is 1.19. The zero-order chi connectivity index (χ0) is 30.8. The van der Waals surface area contributed by atoms with Crippen LogP contribution in [0.5, 0.6) is 0 Å². The van der Waals surface area contributed by atoms with Crippen molar-refractivity contribution in [3.63, 3.8) is 0 Å². The first-order chi connectivity index (χ1) is 21.5. The third kappa shape index (κ3) is 7.91. The lowest BCUT2D eigenvalue weighted by Gasteiger charge is -2.41. The Bertz CT molecular complexity index is 1550. The molecule has 228 valence electrons. The number of ether oxygens (including phenoxy) is 1. The second kappa shape index (κ2) is 14.8. The number of likely N-dealkylation sites (tertiary alicyclic amines) is 1. The highest BCUT2D eigenvalue weighted by Crippen LogP contribution is 2.27. The molecule has 1 aliphatic rings. The highest BCUT2D eigenvalue weighted by molar-refractivity contribution is 5.88. The lowest BCUT2D eigenvalue weighted by atomic mass is 9.86. The van der Waals surface area contributed by atoms with Crippen molar-refractivity contribution >= 4 is 28.6 Å². The number of esters is 1. The van der Waals surface area contributed by atoms with Crippen LogP contribution in [0.3, 0.4) is 0 Å². The molecule has 7 nitrogen and oxygen atoms in total. The zero-order valence-electron chi connectivity index (χ0n) is 25.3. The van der Waals surface area contributed by atoms with E-state index in [0.717, 1.165) is 17.5 Å². The molecule has 1 saturated heterocycles. The van der Waals surface area contributed by atoms with Gasteiger partial charge in [-0.2, -0.15) is 0 Å². The number of amides is 2. The first-order valence-corrected chi connectivity index (χ1v) is 15.4. The molecule has 0 aromatic heterocycles. The van der Waals surface area contributed by atoms with Crippen LogP contribution in [0.15, 0.2) is 103 Å². The molecule has 0 spiro atoms. The number of rotatable bonds is 12. The van der Waals surface area contributed by atoms with Crippen molar-refractivity contribution in [1.29, 1.82) is 0 Å². The van der Waals surface area contributed by atoms with E-state index in [-0.39, 0.29) is 17.7 Å². The van der Waals surface area contributed by atoms with Crippen LogP contribution in [0.2, 0.25) is 0 Å². The summed E-state index contributed by atoms with van der Waals surface area (Å²) in [4.78, 5) is 41.6. The maximum atomic E-state index is 13.6.